The second-order valence-electron chi connectivity index (χ2n) is 5.36. The average Bonchev–Trinajstić information content (AvgIpc) is 2.89. The molecule has 0 bridgehead atoms. The lowest BCUT2D eigenvalue weighted by Crippen LogP contribution is -2.28. The van der Waals surface area contributed by atoms with Gasteiger partial charge in [0.1, 0.15) is 5.75 Å². The maximum Gasteiger partial charge on any atom is 0.534 e. The molecule has 0 saturated heterocycles. The van der Waals surface area contributed by atoms with Crippen molar-refractivity contribution in [1.29, 1.82) is 5.26 Å². The molecular weight excluding hydrogens is 319 g/mol. The van der Waals surface area contributed by atoms with Crippen LogP contribution in [0.2, 0.25) is 0 Å². The van der Waals surface area contributed by atoms with E-state index in [1.54, 1.807) is 0 Å². The smallest absolute Gasteiger partial charge is 0.376 e. The van der Waals surface area contributed by atoms with E-state index in [-0.39, 0.29) is 11.3 Å². The average molecular weight is 333 g/mol. The van der Waals surface area contributed by atoms with Gasteiger partial charge in [-0.25, -0.2) is 0 Å². The standard InChI is InChI=1S/C14H14F3NO3S/c1-10-8-11(13(9-18)6-2-3-7-13)4-5-12(10)21-22(19,20)14(15,16)17/h4-5,8H,2-3,6-7H2,1H3. The molecule has 1 aromatic rings. The molecule has 0 aromatic heterocycles. The zero-order chi connectivity index (χ0) is 16.6. The molecule has 0 amide bonds. The lowest BCUT2D eigenvalue weighted by atomic mass is 9.80. The van der Waals surface area contributed by atoms with Crippen LogP contribution in [0.3, 0.4) is 0 Å². The van der Waals surface area contributed by atoms with E-state index in [9.17, 15) is 26.9 Å². The molecule has 0 spiro atoms. The third-order valence-corrected chi connectivity index (χ3v) is 4.85. The van der Waals surface area contributed by atoms with Crippen LogP contribution in [0.4, 0.5) is 13.2 Å². The SMILES string of the molecule is Cc1cc(C2(C#N)CCCC2)ccc1OS(=O)(=O)C(F)(F)F. The van der Waals surface area contributed by atoms with Crippen LogP contribution in [0.5, 0.6) is 5.75 Å². The number of halogens is 3. The molecule has 2 rings (SSSR count). The van der Waals surface area contributed by atoms with Crippen molar-refractivity contribution in [2.45, 2.75) is 43.5 Å². The predicted octanol–water partition coefficient (Wildman–Crippen LogP) is 3.56. The highest BCUT2D eigenvalue weighted by Gasteiger charge is 2.48. The Bertz CT molecular complexity index is 714. The summed E-state index contributed by atoms with van der Waals surface area (Å²) in [7, 11) is -5.69. The van der Waals surface area contributed by atoms with Gasteiger partial charge in [-0.05, 0) is 37.0 Å². The molecule has 8 heteroatoms. The summed E-state index contributed by atoms with van der Waals surface area (Å²) in [6.45, 7) is 1.45. The van der Waals surface area contributed by atoms with E-state index in [1.807, 2.05) is 0 Å². The summed E-state index contributed by atoms with van der Waals surface area (Å²) in [6.07, 6.45) is 3.19. The van der Waals surface area contributed by atoms with Crippen LogP contribution < -0.4 is 4.18 Å². The lowest BCUT2D eigenvalue weighted by molar-refractivity contribution is -0.0500. The number of benzene rings is 1. The number of hydrogen-bond acceptors (Lipinski definition) is 4. The largest absolute Gasteiger partial charge is 0.534 e. The van der Waals surface area contributed by atoms with E-state index in [0.29, 0.717) is 18.4 Å². The molecule has 0 atom stereocenters. The summed E-state index contributed by atoms with van der Waals surface area (Å²) >= 11 is 0. The fourth-order valence-corrected chi connectivity index (χ4v) is 3.17. The van der Waals surface area contributed by atoms with Crippen molar-refractivity contribution >= 4 is 10.1 Å². The molecule has 1 aliphatic rings. The first-order chi connectivity index (χ1) is 10.1. The van der Waals surface area contributed by atoms with Gasteiger partial charge in [0.15, 0.2) is 0 Å². The van der Waals surface area contributed by atoms with Crippen molar-refractivity contribution < 1.29 is 25.8 Å². The topological polar surface area (TPSA) is 67.2 Å². The molecule has 1 aromatic carbocycles. The van der Waals surface area contributed by atoms with Gasteiger partial charge in [0, 0.05) is 0 Å². The highest BCUT2D eigenvalue weighted by Crippen LogP contribution is 2.42. The molecule has 1 aliphatic carbocycles. The molecule has 1 fully saturated rings. The first-order valence-corrected chi connectivity index (χ1v) is 8.05. The third kappa shape index (κ3) is 2.90. The summed E-state index contributed by atoms with van der Waals surface area (Å²) in [6, 6.07) is 6.43. The second-order valence-corrected chi connectivity index (χ2v) is 6.90. The van der Waals surface area contributed by atoms with Crippen LogP contribution in [0.15, 0.2) is 18.2 Å². The third-order valence-electron chi connectivity index (χ3n) is 3.88. The van der Waals surface area contributed by atoms with Gasteiger partial charge >= 0.3 is 15.6 Å². The summed E-state index contributed by atoms with van der Waals surface area (Å²) in [5, 5.41) is 9.40. The van der Waals surface area contributed by atoms with Crippen molar-refractivity contribution in [2.24, 2.45) is 0 Å². The van der Waals surface area contributed by atoms with Gasteiger partial charge in [-0.3, -0.25) is 0 Å². The minimum atomic E-state index is -5.69. The number of aryl methyl sites for hydroxylation is 1. The molecule has 0 aliphatic heterocycles. The van der Waals surface area contributed by atoms with Crippen LogP contribution in [0.25, 0.3) is 0 Å². The van der Waals surface area contributed by atoms with Gasteiger partial charge in [0.05, 0.1) is 11.5 Å². The van der Waals surface area contributed by atoms with E-state index < -0.39 is 21.0 Å². The van der Waals surface area contributed by atoms with Gasteiger partial charge in [0.2, 0.25) is 0 Å². The van der Waals surface area contributed by atoms with Crippen molar-refractivity contribution in [1.82, 2.24) is 0 Å². The Balaban J connectivity index is 2.34. The van der Waals surface area contributed by atoms with Crippen LogP contribution >= 0.6 is 0 Å². The molecular formula is C14H14F3NO3S. The zero-order valence-electron chi connectivity index (χ0n) is 11.8. The van der Waals surface area contributed by atoms with E-state index in [1.165, 1.54) is 25.1 Å². The summed E-state index contributed by atoms with van der Waals surface area (Å²) < 4.78 is 63.2. The Hall–Kier alpha value is -1.75. The van der Waals surface area contributed by atoms with Crippen molar-refractivity contribution in [2.75, 3.05) is 0 Å². The van der Waals surface area contributed by atoms with Gasteiger partial charge in [-0.2, -0.15) is 26.9 Å². The van der Waals surface area contributed by atoms with Crippen LogP contribution in [-0.2, 0) is 15.5 Å². The first kappa shape index (κ1) is 16.6. The summed E-state index contributed by atoms with van der Waals surface area (Å²) in [5.41, 5.74) is -5.20. The maximum absolute atomic E-state index is 12.3. The molecule has 4 nitrogen and oxygen atoms in total. The van der Waals surface area contributed by atoms with E-state index in [4.69, 9.17) is 0 Å². The molecule has 0 radical (unpaired) electrons. The Labute approximate surface area is 126 Å². The van der Waals surface area contributed by atoms with Crippen LogP contribution in [0, 0.1) is 18.3 Å². The van der Waals surface area contributed by atoms with Crippen LogP contribution in [0.1, 0.15) is 36.8 Å². The number of hydrogen-bond donors (Lipinski definition) is 0. The molecule has 22 heavy (non-hydrogen) atoms. The zero-order valence-corrected chi connectivity index (χ0v) is 12.6. The molecule has 120 valence electrons. The van der Waals surface area contributed by atoms with Gasteiger partial charge < -0.3 is 4.18 Å². The fourth-order valence-electron chi connectivity index (χ4n) is 2.65. The van der Waals surface area contributed by atoms with Gasteiger partial charge in [-0.1, -0.05) is 25.0 Å². The number of nitrogens with zero attached hydrogens (tertiary/aromatic N) is 1. The van der Waals surface area contributed by atoms with Crippen molar-refractivity contribution in [3.8, 4) is 11.8 Å². The predicted molar refractivity (Wildman–Crippen MR) is 72.5 cm³/mol. The number of rotatable bonds is 3. The van der Waals surface area contributed by atoms with E-state index in [0.717, 1.165) is 12.8 Å². The quantitative estimate of drug-likeness (QED) is 0.626. The minimum absolute atomic E-state index is 0.242. The Morgan fingerprint density at radius 3 is 2.32 bits per heavy atom. The normalized spacial score (nSPS) is 18.0. The number of nitriles is 1. The fraction of sp³-hybridized carbons (Fsp3) is 0.500. The summed E-state index contributed by atoms with van der Waals surface area (Å²) in [4.78, 5) is 0. The lowest BCUT2D eigenvalue weighted by Gasteiger charge is -2.22. The highest BCUT2D eigenvalue weighted by molar-refractivity contribution is 7.88. The summed E-state index contributed by atoms with van der Waals surface area (Å²) in [5.74, 6) is -0.382. The minimum Gasteiger partial charge on any atom is -0.376 e. The maximum atomic E-state index is 12.3. The van der Waals surface area contributed by atoms with Crippen molar-refractivity contribution in [3.63, 3.8) is 0 Å². The van der Waals surface area contributed by atoms with Gasteiger partial charge in [-0.15, -0.1) is 0 Å². The highest BCUT2D eigenvalue weighted by atomic mass is 32.2. The van der Waals surface area contributed by atoms with Crippen LogP contribution in [-0.4, -0.2) is 13.9 Å². The monoisotopic (exact) mass is 333 g/mol. The van der Waals surface area contributed by atoms with Crippen molar-refractivity contribution in [3.05, 3.63) is 29.3 Å². The Kier molecular flexibility index (Phi) is 4.13. The molecule has 0 heterocycles. The molecule has 0 N–H and O–H groups in total. The molecule has 0 unspecified atom stereocenters. The second kappa shape index (κ2) is 5.47. The molecule has 1 saturated carbocycles. The van der Waals surface area contributed by atoms with E-state index >= 15 is 0 Å². The number of alkyl halides is 3. The van der Waals surface area contributed by atoms with E-state index in [2.05, 4.69) is 10.3 Å². The van der Waals surface area contributed by atoms with Gasteiger partial charge in [0.25, 0.3) is 0 Å². The Morgan fingerprint density at radius 1 is 1.27 bits per heavy atom. The Morgan fingerprint density at radius 2 is 1.86 bits per heavy atom. The first-order valence-electron chi connectivity index (χ1n) is 6.64.